The van der Waals surface area contributed by atoms with Crippen LogP contribution in [0.15, 0.2) is 24.3 Å². The highest BCUT2D eigenvalue weighted by molar-refractivity contribution is 5.55. The van der Waals surface area contributed by atoms with Gasteiger partial charge >= 0.3 is 5.69 Å². The molecular formula is C11H12N4O3. The van der Waals surface area contributed by atoms with Crippen LogP contribution in [0.1, 0.15) is 5.69 Å². The van der Waals surface area contributed by atoms with E-state index in [-0.39, 0.29) is 11.6 Å². The van der Waals surface area contributed by atoms with Crippen LogP contribution in [-0.4, -0.2) is 14.7 Å². The van der Waals surface area contributed by atoms with E-state index in [9.17, 15) is 10.1 Å². The number of anilines is 1. The van der Waals surface area contributed by atoms with Crippen molar-refractivity contribution in [2.45, 2.75) is 6.92 Å². The molecule has 1 aromatic heterocycles. The molecule has 2 N–H and O–H groups in total. The van der Waals surface area contributed by atoms with Gasteiger partial charge in [-0.25, -0.2) is 4.68 Å². The molecule has 0 saturated heterocycles. The quantitative estimate of drug-likeness (QED) is 0.509. The van der Waals surface area contributed by atoms with Crippen molar-refractivity contribution in [1.82, 2.24) is 9.78 Å². The third kappa shape index (κ3) is 1.97. The van der Waals surface area contributed by atoms with Crippen LogP contribution >= 0.6 is 0 Å². The minimum absolute atomic E-state index is 0.0652. The maximum Gasteiger partial charge on any atom is 0.353 e. The van der Waals surface area contributed by atoms with Crippen molar-refractivity contribution in [2.75, 3.05) is 5.73 Å². The molecule has 0 spiro atoms. The van der Waals surface area contributed by atoms with Gasteiger partial charge < -0.3 is 10.5 Å². The van der Waals surface area contributed by atoms with E-state index in [1.807, 2.05) is 0 Å². The van der Waals surface area contributed by atoms with Gasteiger partial charge in [0.25, 0.3) is 5.88 Å². The number of nitrogens with two attached hydrogens (primary N) is 1. The number of nitrogen functional groups attached to an aromatic ring is 1. The minimum Gasteiger partial charge on any atom is -0.432 e. The molecule has 0 unspecified atom stereocenters. The zero-order valence-electron chi connectivity index (χ0n) is 9.95. The fourth-order valence-electron chi connectivity index (χ4n) is 1.63. The van der Waals surface area contributed by atoms with Gasteiger partial charge in [-0.15, -0.1) is 0 Å². The first kappa shape index (κ1) is 11.9. The summed E-state index contributed by atoms with van der Waals surface area (Å²) < 4.78 is 6.81. The summed E-state index contributed by atoms with van der Waals surface area (Å²) in [4.78, 5) is 10.5. The van der Waals surface area contributed by atoms with Crippen molar-refractivity contribution in [3.8, 4) is 11.6 Å². The lowest BCUT2D eigenvalue weighted by atomic mass is 10.3. The number of hydrogen-bond donors (Lipinski definition) is 1. The standard InChI is InChI=1S/C11H12N4O3/c1-7-10(15(16)17)11(14(2)13-7)18-9-6-4-3-5-8(9)12/h3-6H,12H2,1-2H3. The van der Waals surface area contributed by atoms with E-state index in [2.05, 4.69) is 5.10 Å². The van der Waals surface area contributed by atoms with E-state index in [0.717, 1.165) is 0 Å². The number of aromatic nitrogens is 2. The van der Waals surface area contributed by atoms with Crippen molar-refractivity contribution in [2.24, 2.45) is 7.05 Å². The van der Waals surface area contributed by atoms with E-state index in [0.29, 0.717) is 17.1 Å². The molecule has 7 heteroatoms. The smallest absolute Gasteiger partial charge is 0.353 e. The Balaban J connectivity index is 2.47. The number of hydrogen-bond acceptors (Lipinski definition) is 5. The van der Waals surface area contributed by atoms with Crippen LogP contribution in [0.2, 0.25) is 0 Å². The summed E-state index contributed by atoms with van der Waals surface area (Å²) in [5.41, 5.74) is 6.28. The third-order valence-electron chi connectivity index (χ3n) is 2.45. The fourth-order valence-corrected chi connectivity index (χ4v) is 1.63. The summed E-state index contributed by atoms with van der Waals surface area (Å²) in [5, 5.41) is 14.9. The molecule has 0 fully saturated rings. The zero-order chi connectivity index (χ0) is 13.3. The minimum atomic E-state index is -0.517. The molecule has 2 rings (SSSR count). The van der Waals surface area contributed by atoms with E-state index in [1.54, 1.807) is 38.2 Å². The normalized spacial score (nSPS) is 10.3. The Labute approximate surface area is 103 Å². The lowest BCUT2D eigenvalue weighted by Gasteiger charge is -2.07. The van der Waals surface area contributed by atoms with Gasteiger partial charge in [-0.2, -0.15) is 5.10 Å². The van der Waals surface area contributed by atoms with Gasteiger partial charge in [0.1, 0.15) is 5.69 Å². The van der Waals surface area contributed by atoms with Crippen LogP contribution in [0.3, 0.4) is 0 Å². The Morgan fingerprint density at radius 1 is 1.44 bits per heavy atom. The molecule has 0 bridgehead atoms. The molecular weight excluding hydrogens is 236 g/mol. The second-order valence-electron chi connectivity index (χ2n) is 3.76. The maximum atomic E-state index is 11.0. The number of aryl methyl sites for hydroxylation is 2. The van der Waals surface area contributed by atoms with Gasteiger partial charge in [0.05, 0.1) is 10.6 Å². The van der Waals surface area contributed by atoms with E-state index in [4.69, 9.17) is 10.5 Å². The number of ether oxygens (including phenoxy) is 1. The maximum absolute atomic E-state index is 11.0. The summed E-state index contributed by atoms with van der Waals surface area (Å²) in [7, 11) is 1.58. The van der Waals surface area contributed by atoms with Crippen LogP contribution in [0, 0.1) is 17.0 Å². The topological polar surface area (TPSA) is 96.2 Å². The lowest BCUT2D eigenvalue weighted by molar-refractivity contribution is -0.386. The SMILES string of the molecule is Cc1nn(C)c(Oc2ccccc2N)c1[N+](=O)[O-]. The van der Waals surface area contributed by atoms with Crippen LogP contribution < -0.4 is 10.5 Å². The monoisotopic (exact) mass is 248 g/mol. The molecule has 1 aromatic carbocycles. The van der Waals surface area contributed by atoms with Crippen molar-refractivity contribution in [3.05, 3.63) is 40.1 Å². The summed E-state index contributed by atoms with van der Waals surface area (Å²) in [6, 6.07) is 6.79. The van der Waals surface area contributed by atoms with E-state index in [1.165, 1.54) is 4.68 Å². The summed E-state index contributed by atoms with van der Waals surface area (Å²) in [5.74, 6) is 0.430. The molecule has 2 aromatic rings. The van der Waals surface area contributed by atoms with Gasteiger partial charge in [-0.3, -0.25) is 10.1 Å². The number of benzene rings is 1. The van der Waals surface area contributed by atoms with Gasteiger partial charge in [0, 0.05) is 7.05 Å². The predicted molar refractivity (Wildman–Crippen MR) is 65.5 cm³/mol. The second kappa shape index (κ2) is 4.36. The number of rotatable bonds is 3. The molecule has 7 nitrogen and oxygen atoms in total. The molecule has 94 valence electrons. The number of para-hydroxylation sites is 2. The molecule has 0 aliphatic carbocycles. The van der Waals surface area contributed by atoms with Gasteiger partial charge in [0.15, 0.2) is 5.75 Å². The highest BCUT2D eigenvalue weighted by atomic mass is 16.6. The first-order chi connectivity index (χ1) is 8.50. The van der Waals surface area contributed by atoms with Crippen molar-refractivity contribution < 1.29 is 9.66 Å². The van der Waals surface area contributed by atoms with Gasteiger partial charge in [-0.1, -0.05) is 12.1 Å². The highest BCUT2D eigenvalue weighted by Crippen LogP contribution is 2.35. The van der Waals surface area contributed by atoms with Crippen molar-refractivity contribution in [1.29, 1.82) is 0 Å². The number of nitrogens with zero attached hydrogens (tertiary/aromatic N) is 3. The van der Waals surface area contributed by atoms with Crippen LogP contribution in [0.4, 0.5) is 11.4 Å². The Hall–Kier alpha value is -2.57. The van der Waals surface area contributed by atoms with E-state index >= 15 is 0 Å². The molecule has 1 heterocycles. The van der Waals surface area contributed by atoms with Crippen molar-refractivity contribution in [3.63, 3.8) is 0 Å². The van der Waals surface area contributed by atoms with Crippen molar-refractivity contribution >= 4 is 11.4 Å². The third-order valence-corrected chi connectivity index (χ3v) is 2.45. The van der Waals surface area contributed by atoms with Crippen LogP contribution in [0.5, 0.6) is 11.6 Å². The Kier molecular flexibility index (Phi) is 2.88. The zero-order valence-corrected chi connectivity index (χ0v) is 9.95. The Bertz CT molecular complexity index is 606. The predicted octanol–water partition coefficient (Wildman–Crippen LogP) is 2.01. The van der Waals surface area contributed by atoms with Gasteiger partial charge in [0.2, 0.25) is 0 Å². The number of nitro groups is 1. The van der Waals surface area contributed by atoms with Crippen LogP contribution in [0.25, 0.3) is 0 Å². The Morgan fingerprint density at radius 2 is 2.11 bits per heavy atom. The molecule has 0 amide bonds. The summed E-state index contributed by atoms with van der Waals surface area (Å²) in [6.07, 6.45) is 0. The molecule has 0 aliphatic rings. The van der Waals surface area contributed by atoms with Crippen LogP contribution in [-0.2, 0) is 7.05 Å². The molecule has 0 atom stereocenters. The lowest BCUT2D eigenvalue weighted by Crippen LogP contribution is -1.99. The average molecular weight is 248 g/mol. The first-order valence-electron chi connectivity index (χ1n) is 5.21. The molecule has 0 saturated carbocycles. The summed E-state index contributed by atoms with van der Waals surface area (Å²) >= 11 is 0. The van der Waals surface area contributed by atoms with Gasteiger partial charge in [-0.05, 0) is 19.1 Å². The first-order valence-corrected chi connectivity index (χ1v) is 5.21. The Morgan fingerprint density at radius 3 is 2.72 bits per heavy atom. The van der Waals surface area contributed by atoms with E-state index < -0.39 is 4.92 Å². The fraction of sp³-hybridized carbons (Fsp3) is 0.182. The largest absolute Gasteiger partial charge is 0.432 e. The average Bonchev–Trinajstić information content (AvgIpc) is 2.57. The molecule has 0 radical (unpaired) electrons. The highest BCUT2D eigenvalue weighted by Gasteiger charge is 2.26. The summed E-state index contributed by atoms with van der Waals surface area (Å²) in [6.45, 7) is 1.55. The molecule has 18 heavy (non-hydrogen) atoms. The second-order valence-corrected chi connectivity index (χ2v) is 3.76. The molecule has 0 aliphatic heterocycles.